The second-order valence-corrected chi connectivity index (χ2v) is 8.67. The molecule has 1 amide bonds. The fourth-order valence-corrected chi connectivity index (χ4v) is 4.85. The Morgan fingerprint density at radius 2 is 1.68 bits per heavy atom. The van der Waals surface area contributed by atoms with E-state index in [9.17, 15) is 4.79 Å². The molecular formula is C24H23N5OS. The van der Waals surface area contributed by atoms with Gasteiger partial charge in [-0.3, -0.25) is 4.79 Å². The van der Waals surface area contributed by atoms with E-state index >= 15 is 0 Å². The number of benzene rings is 2. The Morgan fingerprint density at radius 1 is 0.968 bits per heavy atom. The zero-order chi connectivity index (χ0) is 21.0. The van der Waals surface area contributed by atoms with E-state index in [0.29, 0.717) is 0 Å². The number of carbonyl (C=O) groups excluding carboxylic acids is 1. The summed E-state index contributed by atoms with van der Waals surface area (Å²) in [6, 6.07) is 19.7. The van der Waals surface area contributed by atoms with E-state index in [1.54, 1.807) is 6.33 Å². The third-order valence-electron chi connectivity index (χ3n) is 5.40. The molecule has 5 rings (SSSR count). The Balaban J connectivity index is 1.57. The fraction of sp³-hybridized carbons (Fsp3) is 0.208. The van der Waals surface area contributed by atoms with Crippen LogP contribution in [-0.4, -0.2) is 45.0 Å². The molecule has 0 radical (unpaired) electrons. The first-order chi connectivity index (χ1) is 15.3. The summed E-state index contributed by atoms with van der Waals surface area (Å²) in [5.41, 5.74) is 4.67. The summed E-state index contributed by atoms with van der Waals surface area (Å²) in [7, 11) is 0. The van der Waals surface area contributed by atoms with Crippen LogP contribution in [0.1, 0.15) is 0 Å². The molecule has 3 heterocycles. The van der Waals surface area contributed by atoms with Crippen LogP contribution >= 0.6 is 11.8 Å². The van der Waals surface area contributed by atoms with Crippen molar-refractivity contribution in [3.05, 3.63) is 73.2 Å². The van der Waals surface area contributed by atoms with Gasteiger partial charge in [-0.2, -0.15) is 11.8 Å². The minimum atomic E-state index is -0.0771. The maximum Gasteiger partial charge on any atom is 0.244 e. The van der Waals surface area contributed by atoms with E-state index < -0.39 is 0 Å². The number of aromatic nitrogens is 3. The van der Waals surface area contributed by atoms with Crippen molar-refractivity contribution in [1.82, 2.24) is 14.5 Å². The van der Waals surface area contributed by atoms with Crippen LogP contribution in [0.3, 0.4) is 0 Å². The van der Waals surface area contributed by atoms with Gasteiger partial charge < -0.3 is 14.8 Å². The molecule has 4 aromatic rings. The number of nitrogens with zero attached hydrogens (tertiary/aromatic N) is 4. The first-order valence-electron chi connectivity index (χ1n) is 10.4. The lowest BCUT2D eigenvalue weighted by Crippen LogP contribution is -2.33. The van der Waals surface area contributed by atoms with Gasteiger partial charge in [0.25, 0.3) is 0 Å². The summed E-state index contributed by atoms with van der Waals surface area (Å²) >= 11 is 1.96. The Hall–Kier alpha value is -3.32. The van der Waals surface area contributed by atoms with Crippen molar-refractivity contribution < 1.29 is 4.79 Å². The molecule has 6 nitrogen and oxygen atoms in total. The summed E-state index contributed by atoms with van der Waals surface area (Å²) in [5, 5.41) is 2.99. The number of hydrogen-bond donors (Lipinski definition) is 1. The zero-order valence-electron chi connectivity index (χ0n) is 17.1. The zero-order valence-corrected chi connectivity index (χ0v) is 17.9. The maximum absolute atomic E-state index is 12.9. The molecule has 2 aromatic heterocycles. The van der Waals surface area contributed by atoms with Crippen molar-refractivity contribution in [2.24, 2.45) is 0 Å². The number of para-hydroxylation sites is 1. The molecular weight excluding hydrogens is 406 g/mol. The van der Waals surface area contributed by atoms with E-state index in [4.69, 9.17) is 0 Å². The molecule has 7 heteroatoms. The standard InChI is InChI=1S/C24H23N5OS/c30-21(27-19-9-5-2-6-10-19)16-29-15-20(18-7-3-1-4-8-18)22-23(29)24(26-17-25-22)28-11-13-31-14-12-28/h1-10,15,17H,11-14,16H2,(H,27,30). The van der Waals surface area contributed by atoms with E-state index in [1.165, 1.54) is 0 Å². The predicted octanol–water partition coefficient (Wildman–Crippen LogP) is 4.29. The molecule has 1 saturated heterocycles. The Labute approximate surface area is 185 Å². The lowest BCUT2D eigenvalue weighted by atomic mass is 10.1. The second-order valence-electron chi connectivity index (χ2n) is 7.44. The summed E-state index contributed by atoms with van der Waals surface area (Å²) in [5.74, 6) is 2.98. The van der Waals surface area contributed by atoms with Crippen LogP contribution in [0, 0.1) is 0 Å². The van der Waals surface area contributed by atoms with Gasteiger partial charge in [0, 0.05) is 42.0 Å². The lowest BCUT2D eigenvalue weighted by Gasteiger charge is -2.28. The number of thioether (sulfide) groups is 1. The van der Waals surface area contributed by atoms with Gasteiger partial charge in [0.05, 0.1) is 0 Å². The smallest absolute Gasteiger partial charge is 0.244 e. The molecule has 0 aliphatic carbocycles. The van der Waals surface area contributed by atoms with Crippen molar-refractivity contribution in [2.45, 2.75) is 6.54 Å². The highest BCUT2D eigenvalue weighted by Gasteiger charge is 2.22. The molecule has 0 atom stereocenters. The maximum atomic E-state index is 12.9. The number of rotatable bonds is 5. The molecule has 1 aliphatic rings. The first kappa shape index (κ1) is 19.6. The van der Waals surface area contributed by atoms with Gasteiger partial charge in [0.1, 0.15) is 23.9 Å². The molecule has 1 fully saturated rings. The van der Waals surface area contributed by atoms with Gasteiger partial charge in [-0.25, -0.2) is 9.97 Å². The average molecular weight is 430 g/mol. The minimum absolute atomic E-state index is 0.0771. The van der Waals surface area contributed by atoms with Crippen LogP contribution in [-0.2, 0) is 11.3 Å². The van der Waals surface area contributed by atoms with Crippen LogP contribution in [0.4, 0.5) is 11.5 Å². The number of amides is 1. The van der Waals surface area contributed by atoms with Gasteiger partial charge in [-0.05, 0) is 17.7 Å². The summed E-state index contributed by atoms with van der Waals surface area (Å²) in [6.45, 7) is 2.08. The highest BCUT2D eigenvalue weighted by atomic mass is 32.2. The molecule has 0 saturated carbocycles. The van der Waals surface area contributed by atoms with E-state index in [-0.39, 0.29) is 12.5 Å². The SMILES string of the molecule is O=C(Cn1cc(-c2ccccc2)c2ncnc(N3CCSCC3)c21)Nc1ccccc1. The molecule has 0 unspecified atom stereocenters. The molecule has 0 spiro atoms. The number of anilines is 2. The second kappa shape index (κ2) is 8.81. The van der Waals surface area contributed by atoms with E-state index in [0.717, 1.165) is 58.3 Å². The number of nitrogens with one attached hydrogen (secondary N) is 1. The first-order valence-corrected chi connectivity index (χ1v) is 11.5. The number of fused-ring (bicyclic) bond motifs is 1. The number of carbonyl (C=O) groups is 1. The van der Waals surface area contributed by atoms with E-state index in [1.807, 2.05) is 71.1 Å². The van der Waals surface area contributed by atoms with Gasteiger partial charge in [0.15, 0.2) is 5.82 Å². The molecule has 156 valence electrons. The van der Waals surface area contributed by atoms with Crippen LogP contribution < -0.4 is 10.2 Å². The molecule has 1 aliphatic heterocycles. The van der Waals surface area contributed by atoms with Gasteiger partial charge >= 0.3 is 0 Å². The third kappa shape index (κ3) is 4.14. The molecule has 2 aromatic carbocycles. The third-order valence-corrected chi connectivity index (χ3v) is 6.34. The topological polar surface area (TPSA) is 63.1 Å². The lowest BCUT2D eigenvalue weighted by molar-refractivity contribution is -0.116. The van der Waals surface area contributed by atoms with E-state index in [2.05, 4.69) is 32.3 Å². The highest BCUT2D eigenvalue weighted by molar-refractivity contribution is 7.99. The fourth-order valence-electron chi connectivity index (χ4n) is 3.95. The number of hydrogen-bond acceptors (Lipinski definition) is 5. The van der Waals surface area contributed by atoms with Crippen LogP contribution in [0.2, 0.25) is 0 Å². The van der Waals surface area contributed by atoms with Gasteiger partial charge in [-0.15, -0.1) is 0 Å². The molecule has 31 heavy (non-hydrogen) atoms. The quantitative estimate of drug-likeness (QED) is 0.513. The van der Waals surface area contributed by atoms with Crippen molar-refractivity contribution in [3.8, 4) is 11.1 Å². The molecule has 1 N–H and O–H groups in total. The normalized spacial score (nSPS) is 14.0. The minimum Gasteiger partial charge on any atom is -0.353 e. The Kier molecular flexibility index (Phi) is 5.58. The van der Waals surface area contributed by atoms with Crippen LogP contribution in [0.25, 0.3) is 22.2 Å². The highest BCUT2D eigenvalue weighted by Crippen LogP contribution is 2.34. The van der Waals surface area contributed by atoms with Gasteiger partial charge in [-0.1, -0.05) is 48.5 Å². The monoisotopic (exact) mass is 429 g/mol. The Morgan fingerprint density at radius 3 is 2.42 bits per heavy atom. The summed E-state index contributed by atoms with van der Waals surface area (Å²) < 4.78 is 1.99. The van der Waals surface area contributed by atoms with Crippen molar-refractivity contribution in [1.29, 1.82) is 0 Å². The van der Waals surface area contributed by atoms with Gasteiger partial charge in [0.2, 0.25) is 5.91 Å². The summed E-state index contributed by atoms with van der Waals surface area (Å²) in [4.78, 5) is 24.4. The van der Waals surface area contributed by atoms with Crippen LogP contribution in [0.5, 0.6) is 0 Å². The summed E-state index contributed by atoms with van der Waals surface area (Å²) in [6.07, 6.45) is 3.67. The van der Waals surface area contributed by atoms with Crippen molar-refractivity contribution in [2.75, 3.05) is 34.8 Å². The largest absolute Gasteiger partial charge is 0.353 e. The molecule has 0 bridgehead atoms. The van der Waals surface area contributed by atoms with Crippen molar-refractivity contribution in [3.63, 3.8) is 0 Å². The Bertz CT molecular complexity index is 1190. The van der Waals surface area contributed by atoms with Crippen molar-refractivity contribution >= 4 is 40.2 Å². The predicted molar refractivity (Wildman–Crippen MR) is 128 cm³/mol. The average Bonchev–Trinajstić information content (AvgIpc) is 3.19. The van der Waals surface area contributed by atoms with Crippen LogP contribution in [0.15, 0.2) is 73.2 Å².